The van der Waals surface area contributed by atoms with Gasteiger partial charge in [-0.25, -0.2) is 9.97 Å². The molecular formula is C16H24N4O3. The summed E-state index contributed by atoms with van der Waals surface area (Å²) >= 11 is 0. The maximum absolute atomic E-state index is 11.5. The number of anilines is 1. The van der Waals surface area contributed by atoms with Gasteiger partial charge in [0.05, 0.1) is 0 Å². The van der Waals surface area contributed by atoms with Crippen LogP contribution in [0.4, 0.5) is 5.95 Å². The Bertz CT molecular complexity index is 525. The molecule has 7 nitrogen and oxygen atoms in total. The van der Waals surface area contributed by atoms with Crippen LogP contribution in [0.5, 0.6) is 0 Å². The number of esters is 1. The van der Waals surface area contributed by atoms with Crippen LogP contribution in [-0.4, -0.2) is 41.5 Å². The summed E-state index contributed by atoms with van der Waals surface area (Å²) in [5.74, 6) is 0.286. The highest BCUT2D eigenvalue weighted by atomic mass is 16.5. The van der Waals surface area contributed by atoms with Gasteiger partial charge in [0, 0.05) is 31.9 Å². The predicted octanol–water partition coefficient (Wildman–Crippen LogP) is 1.06. The number of carbonyl (C=O) groups excluding carboxylic acids is 2. The van der Waals surface area contributed by atoms with Crippen LogP contribution in [0.1, 0.15) is 38.2 Å². The van der Waals surface area contributed by atoms with E-state index in [-0.39, 0.29) is 12.6 Å². The first kappa shape index (κ1) is 17.2. The molecule has 1 aliphatic heterocycles. The molecule has 23 heavy (non-hydrogen) atoms. The molecule has 1 amide bonds. The van der Waals surface area contributed by atoms with E-state index < -0.39 is 5.91 Å². The predicted molar refractivity (Wildman–Crippen MR) is 85.7 cm³/mol. The lowest BCUT2D eigenvalue weighted by Crippen LogP contribution is -2.35. The molecule has 1 aliphatic rings. The van der Waals surface area contributed by atoms with Crippen molar-refractivity contribution in [1.82, 2.24) is 9.97 Å². The zero-order valence-corrected chi connectivity index (χ0v) is 13.5. The average Bonchev–Trinajstić information content (AvgIpc) is 2.58. The SMILES string of the molecule is CCc1cnc(N2CCC(CCC(=O)OCC(N)=O)CC2)nc1. The van der Waals surface area contributed by atoms with Gasteiger partial charge in [-0.05, 0) is 37.2 Å². The Hall–Kier alpha value is -2.18. The third-order valence-corrected chi connectivity index (χ3v) is 4.13. The van der Waals surface area contributed by atoms with Crippen molar-refractivity contribution in [3.05, 3.63) is 18.0 Å². The van der Waals surface area contributed by atoms with Crippen LogP contribution in [0.25, 0.3) is 0 Å². The first-order chi connectivity index (χ1) is 11.1. The molecule has 2 heterocycles. The fraction of sp³-hybridized carbons (Fsp3) is 0.625. The van der Waals surface area contributed by atoms with E-state index in [0.29, 0.717) is 12.3 Å². The van der Waals surface area contributed by atoms with E-state index in [1.54, 1.807) is 0 Å². The van der Waals surface area contributed by atoms with Crippen LogP contribution in [0.15, 0.2) is 12.4 Å². The molecule has 2 rings (SSSR count). The summed E-state index contributed by atoms with van der Waals surface area (Å²) in [7, 11) is 0. The number of nitrogens with two attached hydrogens (primary N) is 1. The summed E-state index contributed by atoms with van der Waals surface area (Å²) in [4.78, 5) is 33.0. The number of aryl methyl sites for hydroxylation is 1. The summed E-state index contributed by atoms with van der Waals surface area (Å²) in [6, 6.07) is 0. The summed E-state index contributed by atoms with van der Waals surface area (Å²) in [6.45, 7) is 3.54. The number of carbonyl (C=O) groups is 2. The van der Waals surface area contributed by atoms with Gasteiger partial charge < -0.3 is 15.4 Å². The second-order valence-electron chi connectivity index (χ2n) is 5.84. The van der Waals surface area contributed by atoms with Crippen molar-refractivity contribution in [2.24, 2.45) is 11.7 Å². The molecule has 7 heteroatoms. The fourth-order valence-corrected chi connectivity index (χ4v) is 2.66. The molecular weight excluding hydrogens is 296 g/mol. The van der Waals surface area contributed by atoms with E-state index in [1.807, 2.05) is 12.4 Å². The van der Waals surface area contributed by atoms with Gasteiger partial charge in [-0.3, -0.25) is 9.59 Å². The van der Waals surface area contributed by atoms with E-state index in [4.69, 9.17) is 10.5 Å². The van der Waals surface area contributed by atoms with Gasteiger partial charge in [0.15, 0.2) is 6.61 Å². The molecule has 0 aromatic carbocycles. The molecule has 2 N–H and O–H groups in total. The number of hydrogen-bond acceptors (Lipinski definition) is 6. The van der Waals surface area contributed by atoms with E-state index in [0.717, 1.165) is 50.3 Å². The van der Waals surface area contributed by atoms with Gasteiger partial charge in [-0.1, -0.05) is 6.92 Å². The van der Waals surface area contributed by atoms with Crippen molar-refractivity contribution in [2.45, 2.75) is 39.0 Å². The van der Waals surface area contributed by atoms with Crippen LogP contribution in [0.2, 0.25) is 0 Å². The highest BCUT2D eigenvalue weighted by molar-refractivity contribution is 5.78. The fourth-order valence-electron chi connectivity index (χ4n) is 2.66. The highest BCUT2D eigenvalue weighted by Crippen LogP contribution is 2.24. The lowest BCUT2D eigenvalue weighted by molar-refractivity contribution is -0.148. The lowest BCUT2D eigenvalue weighted by Gasteiger charge is -2.31. The molecule has 0 bridgehead atoms. The van der Waals surface area contributed by atoms with Crippen molar-refractivity contribution in [2.75, 3.05) is 24.6 Å². The van der Waals surface area contributed by atoms with Gasteiger partial charge in [-0.15, -0.1) is 0 Å². The maximum Gasteiger partial charge on any atom is 0.306 e. The number of primary amides is 1. The van der Waals surface area contributed by atoms with E-state index in [2.05, 4.69) is 21.8 Å². The number of rotatable bonds is 7. The third-order valence-electron chi connectivity index (χ3n) is 4.13. The Morgan fingerprint density at radius 2 is 1.96 bits per heavy atom. The Kier molecular flexibility index (Phi) is 6.31. The van der Waals surface area contributed by atoms with Crippen LogP contribution in [0, 0.1) is 5.92 Å². The second-order valence-corrected chi connectivity index (χ2v) is 5.84. The van der Waals surface area contributed by atoms with Crippen LogP contribution in [0.3, 0.4) is 0 Å². The lowest BCUT2D eigenvalue weighted by atomic mass is 9.92. The number of amides is 1. The minimum absolute atomic E-state index is 0.331. The van der Waals surface area contributed by atoms with Gasteiger partial charge in [-0.2, -0.15) is 0 Å². The van der Waals surface area contributed by atoms with Crippen molar-refractivity contribution in [3.8, 4) is 0 Å². The summed E-state index contributed by atoms with van der Waals surface area (Å²) < 4.78 is 4.76. The van der Waals surface area contributed by atoms with Crippen molar-refractivity contribution < 1.29 is 14.3 Å². The van der Waals surface area contributed by atoms with E-state index in [9.17, 15) is 9.59 Å². The van der Waals surface area contributed by atoms with Crippen LogP contribution >= 0.6 is 0 Å². The standard InChI is InChI=1S/C16H24N4O3/c1-2-12-9-18-16(19-10-12)20-7-5-13(6-8-20)3-4-15(22)23-11-14(17)21/h9-10,13H,2-8,11H2,1H3,(H2,17,21). The maximum atomic E-state index is 11.5. The normalized spacial score (nSPS) is 15.4. The number of ether oxygens (including phenoxy) is 1. The van der Waals surface area contributed by atoms with E-state index >= 15 is 0 Å². The molecule has 0 aliphatic carbocycles. The third kappa shape index (κ3) is 5.50. The Morgan fingerprint density at radius 3 is 2.52 bits per heavy atom. The van der Waals surface area contributed by atoms with Crippen molar-refractivity contribution in [3.63, 3.8) is 0 Å². The molecule has 1 fully saturated rings. The molecule has 1 aromatic rings. The highest BCUT2D eigenvalue weighted by Gasteiger charge is 2.21. The summed E-state index contributed by atoms with van der Waals surface area (Å²) in [5.41, 5.74) is 6.07. The number of hydrogen-bond donors (Lipinski definition) is 1. The molecule has 1 saturated heterocycles. The molecule has 0 atom stereocenters. The largest absolute Gasteiger partial charge is 0.456 e. The molecule has 0 saturated carbocycles. The van der Waals surface area contributed by atoms with Crippen LogP contribution in [-0.2, 0) is 20.7 Å². The van der Waals surface area contributed by atoms with Crippen molar-refractivity contribution >= 4 is 17.8 Å². The topological polar surface area (TPSA) is 98.4 Å². The Balaban J connectivity index is 1.71. The summed E-state index contributed by atoms with van der Waals surface area (Å²) in [5, 5.41) is 0. The quantitative estimate of drug-likeness (QED) is 0.754. The molecule has 126 valence electrons. The van der Waals surface area contributed by atoms with E-state index in [1.165, 1.54) is 0 Å². The van der Waals surface area contributed by atoms with Crippen molar-refractivity contribution in [1.29, 1.82) is 0 Å². The number of aromatic nitrogens is 2. The Morgan fingerprint density at radius 1 is 1.30 bits per heavy atom. The number of nitrogens with zero attached hydrogens (tertiary/aromatic N) is 3. The van der Waals surface area contributed by atoms with Crippen LogP contribution < -0.4 is 10.6 Å². The van der Waals surface area contributed by atoms with Gasteiger partial charge in [0.25, 0.3) is 5.91 Å². The molecule has 0 radical (unpaired) electrons. The minimum atomic E-state index is -0.624. The number of piperidine rings is 1. The van der Waals surface area contributed by atoms with Gasteiger partial charge in [0.2, 0.25) is 5.95 Å². The first-order valence-electron chi connectivity index (χ1n) is 8.08. The molecule has 0 unspecified atom stereocenters. The summed E-state index contributed by atoms with van der Waals surface area (Å²) in [6.07, 6.45) is 7.81. The zero-order valence-electron chi connectivity index (χ0n) is 13.5. The second kappa shape index (κ2) is 8.45. The minimum Gasteiger partial charge on any atom is -0.456 e. The monoisotopic (exact) mass is 320 g/mol. The molecule has 1 aromatic heterocycles. The first-order valence-corrected chi connectivity index (χ1v) is 8.08. The smallest absolute Gasteiger partial charge is 0.306 e. The Labute approximate surface area is 136 Å². The zero-order chi connectivity index (χ0) is 16.7. The van der Waals surface area contributed by atoms with Gasteiger partial charge >= 0.3 is 5.97 Å². The molecule has 0 spiro atoms. The van der Waals surface area contributed by atoms with Gasteiger partial charge in [0.1, 0.15) is 0 Å². The average molecular weight is 320 g/mol.